The Morgan fingerprint density at radius 2 is 1.42 bits per heavy atom. The summed E-state index contributed by atoms with van der Waals surface area (Å²) >= 11 is 0. The smallest absolute Gasteiger partial charge is 0.481 e. The van der Waals surface area contributed by atoms with Crippen LogP contribution < -0.4 is 10.5 Å². The SMILES string of the molecule is N=C(N)c1ccc(OC(=O)c2ccc(CN3CCC[C@@H]3C(=O)C[C@H](CC(=O)O)C(=O)O)o2)cc1.O=C(O)C(F)(F)F.O=C(O)C(F)(F)F. The zero-order valence-electron chi connectivity index (χ0n) is 24.2. The third-order valence-corrected chi connectivity index (χ3v) is 6.04. The minimum atomic E-state index is -5.08. The highest BCUT2D eigenvalue weighted by molar-refractivity contribution is 5.95. The summed E-state index contributed by atoms with van der Waals surface area (Å²) < 4.78 is 74.3. The molecular formula is C27H27F6N3O12. The van der Waals surface area contributed by atoms with Crippen LogP contribution in [0, 0.1) is 11.3 Å². The zero-order chi connectivity index (χ0) is 37.0. The molecule has 48 heavy (non-hydrogen) atoms. The Morgan fingerprint density at radius 3 is 1.85 bits per heavy atom. The molecule has 1 saturated heterocycles. The van der Waals surface area contributed by atoms with Crippen molar-refractivity contribution in [1.29, 1.82) is 5.41 Å². The van der Waals surface area contributed by atoms with Crippen molar-refractivity contribution in [3.8, 4) is 5.75 Å². The number of benzene rings is 1. The highest BCUT2D eigenvalue weighted by Gasteiger charge is 2.39. The molecule has 21 heteroatoms. The first-order valence-electron chi connectivity index (χ1n) is 13.1. The van der Waals surface area contributed by atoms with Crippen LogP contribution >= 0.6 is 0 Å². The lowest BCUT2D eigenvalue weighted by atomic mass is 9.94. The molecule has 3 rings (SSSR count). The minimum Gasteiger partial charge on any atom is -0.481 e. The fourth-order valence-electron chi connectivity index (χ4n) is 3.85. The van der Waals surface area contributed by atoms with E-state index in [9.17, 15) is 50.6 Å². The molecule has 0 aliphatic carbocycles. The molecule has 0 saturated carbocycles. The number of nitrogens with two attached hydrogens (primary N) is 1. The number of carboxylic acids is 4. The molecule has 1 aliphatic rings. The van der Waals surface area contributed by atoms with Gasteiger partial charge in [-0.1, -0.05) is 0 Å². The number of carbonyl (C=O) groups is 6. The van der Waals surface area contributed by atoms with E-state index in [0.29, 0.717) is 24.3 Å². The van der Waals surface area contributed by atoms with Gasteiger partial charge in [-0.25, -0.2) is 14.4 Å². The maximum absolute atomic E-state index is 12.7. The summed E-state index contributed by atoms with van der Waals surface area (Å²) in [7, 11) is 0. The number of nitrogens with one attached hydrogen (secondary N) is 1. The molecule has 2 heterocycles. The van der Waals surface area contributed by atoms with Crippen molar-refractivity contribution < 1.29 is 84.7 Å². The number of Topliss-reactive ketones (excluding diaryl/α,β-unsaturated/α-hetero) is 1. The Kier molecular flexibility index (Phi) is 14.7. The fourth-order valence-corrected chi connectivity index (χ4v) is 3.85. The molecule has 1 fully saturated rings. The number of carbonyl (C=O) groups excluding carboxylic acids is 2. The lowest BCUT2D eigenvalue weighted by molar-refractivity contribution is -0.193. The van der Waals surface area contributed by atoms with Gasteiger partial charge in [-0.05, 0) is 55.8 Å². The number of halogens is 6. The highest BCUT2D eigenvalue weighted by atomic mass is 19.4. The second kappa shape index (κ2) is 17.4. The van der Waals surface area contributed by atoms with Crippen molar-refractivity contribution >= 4 is 41.5 Å². The van der Waals surface area contributed by atoms with Gasteiger partial charge in [0.1, 0.15) is 17.3 Å². The van der Waals surface area contributed by atoms with Crippen LogP contribution in [0.3, 0.4) is 0 Å². The van der Waals surface area contributed by atoms with Crippen molar-refractivity contribution in [3.05, 3.63) is 53.5 Å². The third kappa shape index (κ3) is 13.9. The van der Waals surface area contributed by atoms with E-state index in [1.54, 1.807) is 18.2 Å². The summed E-state index contributed by atoms with van der Waals surface area (Å²) in [5, 5.41) is 39.7. The molecular weight excluding hydrogens is 672 g/mol. The molecule has 0 spiro atoms. The van der Waals surface area contributed by atoms with Gasteiger partial charge in [0.25, 0.3) is 0 Å². The summed E-state index contributed by atoms with van der Waals surface area (Å²) in [5.74, 6) is -9.86. The van der Waals surface area contributed by atoms with E-state index in [-0.39, 0.29) is 36.1 Å². The first-order valence-corrected chi connectivity index (χ1v) is 13.1. The van der Waals surface area contributed by atoms with E-state index in [2.05, 4.69) is 0 Å². The van der Waals surface area contributed by atoms with E-state index < -0.39 is 60.6 Å². The Bertz CT molecular complexity index is 1460. The van der Waals surface area contributed by atoms with Gasteiger partial charge in [0, 0.05) is 12.0 Å². The molecule has 0 amide bonds. The normalized spacial score (nSPS) is 15.1. The zero-order valence-corrected chi connectivity index (χ0v) is 24.2. The first-order chi connectivity index (χ1) is 22.0. The predicted octanol–water partition coefficient (Wildman–Crippen LogP) is 3.15. The van der Waals surface area contributed by atoms with Gasteiger partial charge < -0.3 is 35.3 Å². The van der Waals surface area contributed by atoms with Crippen molar-refractivity contribution in [2.45, 2.75) is 50.6 Å². The van der Waals surface area contributed by atoms with Crippen molar-refractivity contribution in [2.75, 3.05) is 6.54 Å². The Labute approximate surface area is 265 Å². The van der Waals surface area contributed by atoms with Crippen LogP contribution in [-0.4, -0.2) is 91.7 Å². The molecule has 0 radical (unpaired) electrons. The highest BCUT2D eigenvalue weighted by Crippen LogP contribution is 2.25. The number of ketones is 1. The number of alkyl halides is 6. The average Bonchev–Trinajstić information content (AvgIpc) is 3.62. The number of esters is 1. The number of amidine groups is 1. The lowest BCUT2D eigenvalue weighted by Crippen LogP contribution is -2.37. The molecule has 2 atom stereocenters. The number of hydrogen-bond acceptors (Lipinski definition) is 10. The predicted molar refractivity (Wildman–Crippen MR) is 145 cm³/mol. The summed E-state index contributed by atoms with van der Waals surface area (Å²) in [5.41, 5.74) is 5.89. The monoisotopic (exact) mass is 699 g/mol. The van der Waals surface area contributed by atoms with E-state index in [1.165, 1.54) is 18.2 Å². The molecule has 1 aromatic carbocycles. The molecule has 1 aromatic heterocycles. The largest absolute Gasteiger partial charge is 0.490 e. The van der Waals surface area contributed by atoms with Crippen LogP contribution in [0.2, 0.25) is 0 Å². The van der Waals surface area contributed by atoms with Crippen LogP contribution in [-0.2, 0) is 30.5 Å². The molecule has 0 bridgehead atoms. The van der Waals surface area contributed by atoms with E-state index in [0.717, 1.165) is 6.42 Å². The second-order valence-corrected chi connectivity index (χ2v) is 9.63. The van der Waals surface area contributed by atoms with Crippen molar-refractivity contribution in [2.24, 2.45) is 11.7 Å². The molecule has 1 aliphatic heterocycles. The number of ether oxygens (including phenoxy) is 1. The van der Waals surface area contributed by atoms with Crippen LogP contribution in [0.25, 0.3) is 0 Å². The van der Waals surface area contributed by atoms with E-state index in [4.69, 9.17) is 45.2 Å². The van der Waals surface area contributed by atoms with Gasteiger partial charge in [-0.3, -0.25) is 24.7 Å². The van der Waals surface area contributed by atoms with Gasteiger partial charge in [0.05, 0.1) is 24.9 Å². The quantitative estimate of drug-likeness (QED) is 0.0648. The third-order valence-electron chi connectivity index (χ3n) is 6.04. The summed E-state index contributed by atoms with van der Waals surface area (Å²) in [4.78, 5) is 66.9. The Hall–Kier alpha value is -5.47. The van der Waals surface area contributed by atoms with Crippen LogP contribution in [0.5, 0.6) is 5.75 Å². The summed E-state index contributed by atoms with van der Waals surface area (Å²) in [6.07, 6.45) is -9.89. The van der Waals surface area contributed by atoms with Crippen LogP contribution in [0.4, 0.5) is 26.3 Å². The number of carboxylic acid groups (broad SMARTS) is 4. The lowest BCUT2D eigenvalue weighted by Gasteiger charge is -2.23. The first kappa shape index (κ1) is 40.6. The average molecular weight is 700 g/mol. The van der Waals surface area contributed by atoms with Gasteiger partial charge in [-0.2, -0.15) is 26.3 Å². The van der Waals surface area contributed by atoms with Gasteiger partial charge in [0.2, 0.25) is 5.76 Å². The van der Waals surface area contributed by atoms with Crippen LogP contribution in [0.15, 0.2) is 40.8 Å². The number of hydrogen-bond donors (Lipinski definition) is 6. The number of furan rings is 1. The minimum absolute atomic E-state index is 0.0277. The van der Waals surface area contributed by atoms with Crippen molar-refractivity contribution in [3.63, 3.8) is 0 Å². The number of nitrogen functional groups attached to an aromatic ring is 1. The standard InChI is InChI=1S/C23H25N3O8.2C2HF3O2/c24-21(25)13-3-5-15(6-4-13)34-23(32)19-8-7-16(33-19)12-26-9-1-2-17(26)18(27)10-14(22(30)31)11-20(28)29;2*3-2(4,5)1(6)7/h3-8,14,17H,1-2,9-12H2,(H3,24,25)(H,28,29)(H,30,31);2*(H,6,7)/t14-,17-;;/m1../s1. The fraction of sp³-hybridized carbons (Fsp3) is 0.370. The van der Waals surface area contributed by atoms with Gasteiger partial charge in [0.15, 0.2) is 5.78 Å². The van der Waals surface area contributed by atoms with Crippen LogP contribution in [0.1, 0.15) is 47.6 Å². The molecule has 2 aromatic rings. The summed E-state index contributed by atoms with van der Waals surface area (Å²) in [6.45, 7) is 0.809. The Morgan fingerprint density at radius 1 is 0.896 bits per heavy atom. The number of aliphatic carboxylic acids is 4. The maximum Gasteiger partial charge on any atom is 0.490 e. The molecule has 0 unspecified atom stereocenters. The van der Waals surface area contributed by atoms with E-state index >= 15 is 0 Å². The number of likely N-dealkylation sites (tertiary alicyclic amines) is 1. The second-order valence-electron chi connectivity index (χ2n) is 9.63. The van der Waals surface area contributed by atoms with Crippen molar-refractivity contribution in [1.82, 2.24) is 4.90 Å². The maximum atomic E-state index is 12.7. The van der Waals surface area contributed by atoms with E-state index in [1.807, 2.05) is 4.90 Å². The topological polar surface area (TPSA) is 259 Å². The molecule has 264 valence electrons. The van der Waals surface area contributed by atoms with Gasteiger partial charge >= 0.3 is 42.2 Å². The number of nitrogens with zero attached hydrogens (tertiary/aromatic N) is 1. The number of rotatable bonds is 11. The molecule has 15 nitrogen and oxygen atoms in total. The Balaban J connectivity index is 0.000000687. The van der Waals surface area contributed by atoms with Gasteiger partial charge in [-0.15, -0.1) is 0 Å². The summed E-state index contributed by atoms with van der Waals surface area (Å²) in [6, 6.07) is 8.63. The molecule has 7 N–H and O–H groups in total.